The van der Waals surface area contributed by atoms with Gasteiger partial charge in [-0.1, -0.05) is 63.2 Å². The van der Waals surface area contributed by atoms with Crippen molar-refractivity contribution in [2.45, 2.75) is 33.1 Å². The zero-order valence-electron chi connectivity index (χ0n) is 18.2. The molecular weight excluding hydrogens is 386 g/mol. The summed E-state index contributed by atoms with van der Waals surface area (Å²) in [5.41, 5.74) is 4.41. The molecule has 0 aliphatic carbocycles. The molecule has 1 N–H and O–H groups in total. The number of benzene rings is 3. The molecule has 4 aromatic rings. The van der Waals surface area contributed by atoms with E-state index < -0.39 is 0 Å². The number of ketones is 1. The molecule has 4 nitrogen and oxygen atoms in total. The molecule has 0 radical (unpaired) electrons. The minimum atomic E-state index is -0.179. The van der Waals surface area contributed by atoms with Crippen molar-refractivity contribution in [2.24, 2.45) is 0 Å². The molecule has 0 atom stereocenters. The average molecular weight is 412 g/mol. The standard InChI is InChI=1S/C27H25NO3/c1-17-22-16-21(28-26(30)19-10-12-20(13-11-19)27(2,3)4)14-15-23(22)31-25(17)24(29)18-8-6-5-7-9-18/h5-16H,1-4H3,(H,28,30). The maximum atomic E-state index is 12.8. The van der Waals surface area contributed by atoms with Gasteiger partial charge < -0.3 is 9.73 Å². The normalized spacial score (nSPS) is 11.5. The molecule has 0 saturated heterocycles. The highest BCUT2D eigenvalue weighted by Crippen LogP contribution is 2.30. The lowest BCUT2D eigenvalue weighted by Crippen LogP contribution is -2.14. The van der Waals surface area contributed by atoms with Crippen LogP contribution in [-0.2, 0) is 5.41 Å². The number of carbonyl (C=O) groups is 2. The van der Waals surface area contributed by atoms with Crippen LogP contribution in [0.5, 0.6) is 0 Å². The summed E-state index contributed by atoms with van der Waals surface area (Å²) in [6.45, 7) is 8.28. The Bertz CT molecular complexity index is 1260. The van der Waals surface area contributed by atoms with Crippen LogP contribution in [0.25, 0.3) is 11.0 Å². The van der Waals surface area contributed by atoms with Crippen LogP contribution in [0.4, 0.5) is 5.69 Å². The Morgan fingerprint density at radius 3 is 2.16 bits per heavy atom. The molecule has 3 aromatic carbocycles. The van der Waals surface area contributed by atoms with Crippen molar-refractivity contribution in [1.29, 1.82) is 0 Å². The number of carbonyl (C=O) groups excluding carboxylic acids is 2. The molecule has 0 fully saturated rings. The van der Waals surface area contributed by atoms with E-state index in [1.165, 1.54) is 5.56 Å². The van der Waals surface area contributed by atoms with Crippen LogP contribution in [0, 0.1) is 6.92 Å². The van der Waals surface area contributed by atoms with Crippen LogP contribution >= 0.6 is 0 Å². The quantitative estimate of drug-likeness (QED) is 0.389. The van der Waals surface area contributed by atoms with Crippen molar-refractivity contribution >= 4 is 28.3 Å². The first-order valence-corrected chi connectivity index (χ1v) is 10.3. The lowest BCUT2D eigenvalue weighted by Gasteiger charge is -2.19. The summed E-state index contributed by atoms with van der Waals surface area (Å²) < 4.78 is 5.84. The Morgan fingerprint density at radius 2 is 1.52 bits per heavy atom. The Hall–Kier alpha value is -3.66. The number of furan rings is 1. The number of hydrogen-bond donors (Lipinski definition) is 1. The maximum absolute atomic E-state index is 12.8. The van der Waals surface area contributed by atoms with E-state index in [1.807, 2.05) is 55.5 Å². The first-order valence-electron chi connectivity index (χ1n) is 10.3. The van der Waals surface area contributed by atoms with E-state index in [4.69, 9.17) is 4.42 Å². The summed E-state index contributed by atoms with van der Waals surface area (Å²) in [4.78, 5) is 25.5. The van der Waals surface area contributed by atoms with Gasteiger partial charge in [0.05, 0.1) is 0 Å². The van der Waals surface area contributed by atoms with Crippen molar-refractivity contribution in [3.8, 4) is 0 Å². The third-order valence-corrected chi connectivity index (χ3v) is 5.45. The summed E-state index contributed by atoms with van der Waals surface area (Å²) >= 11 is 0. The highest BCUT2D eigenvalue weighted by molar-refractivity contribution is 6.11. The SMILES string of the molecule is Cc1c(C(=O)c2ccccc2)oc2ccc(NC(=O)c3ccc(C(C)(C)C)cc3)cc12. The van der Waals surface area contributed by atoms with E-state index in [0.717, 1.165) is 10.9 Å². The third-order valence-electron chi connectivity index (χ3n) is 5.45. The Morgan fingerprint density at radius 1 is 0.839 bits per heavy atom. The van der Waals surface area contributed by atoms with Crippen LogP contribution in [0.2, 0.25) is 0 Å². The van der Waals surface area contributed by atoms with Crippen LogP contribution in [-0.4, -0.2) is 11.7 Å². The van der Waals surface area contributed by atoms with E-state index in [2.05, 4.69) is 26.1 Å². The van der Waals surface area contributed by atoms with Gasteiger partial charge in [-0.25, -0.2) is 0 Å². The second kappa shape index (κ2) is 7.88. The number of aryl methyl sites for hydroxylation is 1. The van der Waals surface area contributed by atoms with Gasteiger partial charge in [0.15, 0.2) is 5.76 Å². The zero-order valence-corrected chi connectivity index (χ0v) is 18.2. The molecule has 31 heavy (non-hydrogen) atoms. The summed E-state index contributed by atoms with van der Waals surface area (Å²) in [5.74, 6) is -0.0113. The lowest BCUT2D eigenvalue weighted by atomic mass is 9.87. The van der Waals surface area contributed by atoms with Crippen molar-refractivity contribution in [2.75, 3.05) is 5.32 Å². The van der Waals surface area contributed by atoms with E-state index in [0.29, 0.717) is 28.2 Å². The van der Waals surface area contributed by atoms with Gasteiger partial charge in [0.1, 0.15) is 5.58 Å². The summed E-state index contributed by atoms with van der Waals surface area (Å²) in [5, 5.41) is 3.75. The molecule has 156 valence electrons. The fraction of sp³-hybridized carbons (Fsp3) is 0.185. The summed E-state index contributed by atoms with van der Waals surface area (Å²) in [6, 6.07) is 22.1. The van der Waals surface area contributed by atoms with E-state index in [-0.39, 0.29) is 17.1 Å². The largest absolute Gasteiger partial charge is 0.452 e. The number of hydrogen-bond acceptors (Lipinski definition) is 3. The predicted molar refractivity (Wildman–Crippen MR) is 124 cm³/mol. The zero-order chi connectivity index (χ0) is 22.2. The predicted octanol–water partition coefficient (Wildman–Crippen LogP) is 6.52. The maximum Gasteiger partial charge on any atom is 0.255 e. The van der Waals surface area contributed by atoms with Gasteiger partial charge in [0.2, 0.25) is 5.78 Å². The molecule has 0 aliphatic rings. The molecule has 0 bridgehead atoms. The van der Waals surface area contributed by atoms with Crippen molar-refractivity contribution < 1.29 is 14.0 Å². The minimum Gasteiger partial charge on any atom is -0.452 e. The van der Waals surface area contributed by atoms with Crippen LogP contribution in [0.15, 0.2) is 77.2 Å². The number of anilines is 1. The molecule has 0 spiro atoms. The summed E-state index contributed by atoms with van der Waals surface area (Å²) in [7, 11) is 0. The highest BCUT2D eigenvalue weighted by Gasteiger charge is 2.20. The highest BCUT2D eigenvalue weighted by atomic mass is 16.3. The number of nitrogens with one attached hydrogen (secondary N) is 1. The summed E-state index contributed by atoms with van der Waals surface area (Å²) in [6.07, 6.45) is 0. The number of fused-ring (bicyclic) bond motifs is 1. The van der Waals surface area contributed by atoms with Crippen molar-refractivity contribution in [3.05, 3.63) is 101 Å². The second-order valence-corrected chi connectivity index (χ2v) is 8.74. The smallest absolute Gasteiger partial charge is 0.255 e. The van der Waals surface area contributed by atoms with Crippen molar-refractivity contribution in [3.63, 3.8) is 0 Å². The second-order valence-electron chi connectivity index (χ2n) is 8.74. The van der Waals surface area contributed by atoms with Gasteiger partial charge >= 0.3 is 0 Å². The van der Waals surface area contributed by atoms with Crippen molar-refractivity contribution in [1.82, 2.24) is 0 Å². The topological polar surface area (TPSA) is 59.3 Å². The number of rotatable bonds is 4. The Labute approximate surface area is 181 Å². The van der Waals surface area contributed by atoms with E-state index >= 15 is 0 Å². The van der Waals surface area contributed by atoms with Gasteiger partial charge in [-0.3, -0.25) is 9.59 Å². The Balaban J connectivity index is 1.59. The van der Waals surface area contributed by atoms with Gasteiger partial charge in [-0.05, 0) is 48.2 Å². The number of amides is 1. The molecular formula is C27H25NO3. The van der Waals surface area contributed by atoms with Gasteiger partial charge in [0, 0.05) is 27.8 Å². The third kappa shape index (κ3) is 4.15. The van der Waals surface area contributed by atoms with Gasteiger partial charge in [-0.15, -0.1) is 0 Å². The average Bonchev–Trinajstić information content (AvgIpc) is 3.09. The van der Waals surface area contributed by atoms with Crippen LogP contribution < -0.4 is 5.32 Å². The first-order chi connectivity index (χ1) is 14.7. The van der Waals surface area contributed by atoms with Gasteiger partial charge in [0.25, 0.3) is 5.91 Å². The molecule has 4 heteroatoms. The molecule has 1 heterocycles. The monoisotopic (exact) mass is 411 g/mol. The molecule has 4 rings (SSSR count). The minimum absolute atomic E-state index is 0.0355. The molecule has 0 saturated carbocycles. The Kier molecular flexibility index (Phi) is 5.24. The first kappa shape index (κ1) is 20.6. The lowest BCUT2D eigenvalue weighted by molar-refractivity contribution is 0.101. The van der Waals surface area contributed by atoms with Gasteiger partial charge in [-0.2, -0.15) is 0 Å². The molecule has 0 unspecified atom stereocenters. The van der Waals surface area contributed by atoms with Crippen LogP contribution in [0.1, 0.15) is 58.4 Å². The molecule has 1 amide bonds. The van der Waals surface area contributed by atoms with Crippen LogP contribution in [0.3, 0.4) is 0 Å². The molecule has 1 aromatic heterocycles. The molecule has 0 aliphatic heterocycles. The van der Waals surface area contributed by atoms with E-state index in [1.54, 1.807) is 24.3 Å². The fourth-order valence-corrected chi connectivity index (χ4v) is 3.56. The fourth-order valence-electron chi connectivity index (χ4n) is 3.56. The van der Waals surface area contributed by atoms with E-state index in [9.17, 15) is 9.59 Å².